The lowest BCUT2D eigenvalue weighted by Gasteiger charge is -2.25. The summed E-state index contributed by atoms with van der Waals surface area (Å²) in [5.74, 6) is 0.393. The standard InChI is InChI=1S/C14H16BrCl2NO/c15-10-4-1-3-9(7-10)8-18-14(19)11-5-2-6-12(16)13(11)17/h2,5-6,9-10H,1,3-4,7-8H2,(H,18,19). The Kier molecular flexibility index (Phi) is 5.55. The van der Waals surface area contributed by atoms with Gasteiger partial charge in [-0.05, 0) is 37.3 Å². The summed E-state index contributed by atoms with van der Waals surface area (Å²) in [4.78, 5) is 12.7. The molecule has 1 fully saturated rings. The average Bonchev–Trinajstić information content (AvgIpc) is 2.39. The molecule has 0 heterocycles. The summed E-state index contributed by atoms with van der Waals surface area (Å²) < 4.78 is 0. The van der Waals surface area contributed by atoms with E-state index in [4.69, 9.17) is 23.2 Å². The third-order valence-corrected chi connectivity index (χ3v) is 5.12. The Morgan fingerprint density at radius 3 is 2.89 bits per heavy atom. The van der Waals surface area contributed by atoms with E-state index >= 15 is 0 Å². The number of nitrogens with one attached hydrogen (secondary N) is 1. The maximum atomic E-state index is 12.1. The molecule has 1 aromatic carbocycles. The molecule has 0 aromatic heterocycles. The molecule has 1 aliphatic carbocycles. The number of alkyl halides is 1. The fraction of sp³-hybridized carbons (Fsp3) is 0.500. The first-order valence-corrected chi connectivity index (χ1v) is 8.11. The Bertz CT molecular complexity index is 467. The lowest BCUT2D eigenvalue weighted by Crippen LogP contribution is -2.32. The van der Waals surface area contributed by atoms with E-state index in [2.05, 4.69) is 21.2 Å². The van der Waals surface area contributed by atoms with Crippen LogP contribution in [-0.2, 0) is 0 Å². The smallest absolute Gasteiger partial charge is 0.252 e. The van der Waals surface area contributed by atoms with Crippen LogP contribution in [0.3, 0.4) is 0 Å². The number of rotatable bonds is 3. The fourth-order valence-corrected chi connectivity index (χ4v) is 3.66. The van der Waals surface area contributed by atoms with Gasteiger partial charge in [0.25, 0.3) is 5.91 Å². The first-order chi connectivity index (χ1) is 9.08. The zero-order chi connectivity index (χ0) is 13.8. The van der Waals surface area contributed by atoms with Crippen molar-refractivity contribution in [2.24, 2.45) is 5.92 Å². The van der Waals surface area contributed by atoms with Crippen molar-refractivity contribution in [1.82, 2.24) is 5.32 Å². The van der Waals surface area contributed by atoms with Crippen LogP contribution in [0.4, 0.5) is 0 Å². The molecule has 1 aliphatic rings. The summed E-state index contributed by atoms with van der Waals surface area (Å²) >= 11 is 15.6. The molecular weight excluding hydrogens is 349 g/mol. The van der Waals surface area contributed by atoms with Crippen LogP contribution in [0.1, 0.15) is 36.0 Å². The highest BCUT2D eigenvalue weighted by Crippen LogP contribution is 2.29. The van der Waals surface area contributed by atoms with Crippen LogP contribution < -0.4 is 5.32 Å². The summed E-state index contributed by atoms with van der Waals surface area (Å²) in [7, 11) is 0. The molecule has 1 saturated carbocycles. The maximum Gasteiger partial charge on any atom is 0.252 e. The van der Waals surface area contributed by atoms with Crippen LogP contribution in [0.2, 0.25) is 10.0 Å². The minimum absolute atomic E-state index is 0.149. The number of carbonyl (C=O) groups excluding carboxylic acids is 1. The first-order valence-electron chi connectivity index (χ1n) is 6.44. The Balaban J connectivity index is 1.92. The van der Waals surface area contributed by atoms with Crippen LogP contribution >= 0.6 is 39.1 Å². The molecule has 0 saturated heterocycles. The predicted octanol–water partition coefficient (Wildman–Crippen LogP) is 4.68. The third-order valence-electron chi connectivity index (χ3n) is 3.47. The van der Waals surface area contributed by atoms with Crippen LogP contribution in [0, 0.1) is 5.92 Å². The topological polar surface area (TPSA) is 29.1 Å². The fourth-order valence-electron chi connectivity index (χ4n) is 2.42. The quantitative estimate of drug-likeness (QED) is 0.775. The van der Waals surface area contributed by atoms with Crippen LogP contribution in [-0.4, -0.2) is 17.3 Å². The molecule has 1 aromatic rings. The number of hydrogen-bond acceptors (Lipinski definition) is 1. The van der Waals surface area contributed by atoms with Crippen molar-refractivity contribution in [1.29, 1.82) is 0 Å². The highest BCUT2D eigenvalue weighted by Gasteiger charge is 2.21. The molecule has 0 radical (unpaired) electrons. The Labute approximate surface area is 132 Å². The summed E-state index contributed by atoms with van der Waals surface area (Å²) in [6.45, 7) is 0.698. The minimum Gasteiger partial charge on any atom is -0.352 e. The van der Waals surface area contributed by atoms with Crippen molar-refractivity contribution in [3.8, 4) is 0 Å². The Morgan fingerprint density at radius 1 is 1.37 bits per heavy atom. The van der Waals surface area contributed by atoms with Crippen molar-refractivity contribution < 1.29 is 4.79 Å². The zero-order valence-electron chi connectivity index (χ0n) is 10.5. The van der Waals surface area contributed by atoms with Gasteiger partial charge in [-0.3, -0.25) is 4.79 Å². The zero-order valence-corrected chi connectivity index (χ0v) is 13.6. The average molecular weight is 365 g/mol. The molecule has 2 atom stereocenters. The summed E-state index contributed by atoms with van der Waals surface area (Å²) in [6, 6.07) is 5.10. The van der Waals surface area contributed by atoms with Gasteiger partial charge in [0.15, 0.2) is 0 Å². The first kappa shape index (κ1) is 15.1. The summed E-state index contributed by atoms with van der Waals surface area (Å²) in [5, 5.41) is 3.69. The van der Waals surface area contributed by atoms with Crippen LogP contribution in [0.5, 0.6) is 0 Å². The maximum absolute atomic E-state index is 12.1. The van der Waals surface area contributed by atoms with E-state index < -0.39 is 0 Å². The van der Waals surface area contributed by atoms with Gasteiger partial charge in [-0.15, -0.1) is 0 Å². The van der Waals surface area contributed by atoms with E-state index in [1.54, 1.807) is 18.2 Å². The Morgan fingerprint density at radius 2 is 2.16 bits per heavy atom. The molecular formula is C14H16BrCl2NO. The van der Waals surface area contributed by atoms with Gasteiger partial charge < -0.3 is 5.32 Å². The molecule has 19 heavy (non-hydrogen) atoms. The molecule has 0 bridgehead atoms. The largest absolute Gasteiger partial charge is 0.352 e. The SMILES string of the molecule is O=C(NCC1CCCC(Br)C1)c1cccc(Cl)c1Cl. The second-order valence-electron chi connectivity index (χ2n) is 4.94. The highest BCUT2D eigenvalue weighted by atomic mass is 79.9. The molecule has 1 amide bonds. The molecule has 0 spiro atoms. The lowest BCUT2D eigenvalue weighted by atomic mass is 9.89. The van der Waals surface area contributed by atoms with E-state index in [0.29, 0.717) is 32.9 Å². The summed E-state index contributed by atoms with van der Waals surface area (Å²) in [6.07, 6.45) is 4.73. The second kappa shape index (κ2) is 6.96. The van der Waals surface area contributed by atoms with Gasteiger partial charge in [0, 0.05) is 11.4 Å². The van der Waals surface area contributed by atoms with Crippen molar-refractivity contribution in [2.45, 2.75) is 30.5 Å². The van der Waals surface area contributed by atoms with Crippen LogP contribution in [0.25, 0.3) is 0 Å². The Hall–Kier alpha value is -0.250. The van der Waals surface area contributed by atoms with E-state index in [9.17, 15) is 4.79 Å². The van der Waals surface area contributed by atoms with Crippen molar-refractivity contribution in [3.63, 3.8) is 0 Å². The third kappa shape index (κ3) is 4.11. The number of halogens is 3. The van der Waals surface area contributed by atoms with Gasteiger partial charge in [-0.25, -0.2) is 0 Å². The van der Waals surface area contributed by atoms with Crippen LogP contribution in [0.15, 0.2) is 18.2 Å². The van der Waals surface area contributed by atoms with Gasteiger partial charge in [0.2, 0.25) is 0 Å². The van der Waals surface area contributed by atoms with Crippen molar-refractivity contribution in [3.05, 3.63) is 33.8 Å². The number of benzene rings is 1. The van der Waals surface area contributed by atoms with Crippen molar-refractivity contribution in [2.75, 3.05) is 6.54 Å². The van der Waals surface area contributed by atoms with Crippen molar-refractivity contribution >= 4 is 45.0 Å². The van der Waals surface area contributed by atoms with Gasteiger partial charge in [0.05, 0.1) is 15.6 Å². The molecule has 1 N–H and O–H groups in total. The van der Waals surface area contributed by atoms with Gasteiger partial charge in [-0.1, -0.05) is 51.6 Å². The number of amides is 1. The van der Waals surface area contributed by atoms with Gasteiger partial charge in [-0.2, -0.15) is 0 Å². The number of hydrogen-bond donors (Lipinski definition) is 1. The van der Waals surface area contributed by atoms with Gasteiger partial charge >= 0.3 is 0 Å². The van der Waals surface area contributed by atoms with E-state index in [1.165, 1.54) is 19.3 Å². The molecule has 104 valence electrons. The monoisotopic (exact) mass is 363 g/mol. The highest BCUT2D eigenvalue weighted by molar-refractivity contribution is 9.09. The minimum atomic E-state index is -0.149. The summed E-state index contributed by atoms with van der Waals surface area (Å²) in [5.41, 5.74) is 0.445. The molecule has 2 nitrogen and oxygen atoms in total. The number of carbonyl (C=O) groups is 1. The lowest BCUT2D eigenvalue weighted by molar-refractivity contribution is 0.0944. The van der Waals surface area contributed by atoms with E-state index in [0.717, 1.165) is 6.42 Å². The second-order valence-corrected chi connectivity index (χ2v) is 7.02. The predicted molar refractivity (Wildman–Crippen MR) is 83.5 cm³/mol. The van der Waals surface area contributed by atoms with Gasteiger partial charge in [0.1, 0.15) is 0 Å². The normalized spacial score (nSPS) is 23.1. The van der Waals surface area contributed by atoms with E-state index in [-0.39, 0.29) is 5.91 Å². The molecule has 0 aliphatic heterocycles. The molecule has 2 rings (SSSR count). The van der Waals surface area contributed by atoms with E-state index in [1.807, 2.05) is 0 Å². The molecule has 5 heteroatoms. The molecule has 2 unspecified atom stereocenters.